The van der Waals surface area contributed by atoms with E-state index in [-0.39, 0.29) is 29.9 Å². The van der Waals surface area contributed by atoms with Gasteiger partial charge in [-0.1, -0.05) is 35.3 Å². The fourth-order valence-corrected chi connectivity index (χ4v) is 2.97. The monoisotopic (exact) mass is 426 g/mol. The van der Waals surface area contributed by atoms with E-state index < -0.39 is 11.9 Å². The molecule has 8 heteroatoms. The zero-order valence-electron chi connectivity index (χ0n) is 15.5. The summed E-state index contributed by atoms with van der Waals surface area (Å²) < 4.78 is 18.7. The van der Waals surface area contributed by atoms with Crippen LogP contribution >= 0.6 is 23.2 Å². The SMILES string of the molecule is CCNC(=O)[C@@H](C)N(Cc1ccc(F)cc1)C(=O)COc1ccc(Cl)cc1Cl. The molecule has 2 aromatic carbocycles. The number of nitrogens with one attached hydrogen (secondary N) is 1. The Morgan fingerprint density at radius 2 is 1.86 bits per heavy atom. The molecule has 0 spiro atoms. The predicted octanol–water partition coefficient (Wildman–Crippen LogP) is 4.06. The van der Waals surface area contributed by atoms with E-state index in [4.69, 9.17) is 27.9 Å². The van der Waals surface area contributed by atoms with Gasteiger partial charge in [0.25, 0.3) is 5.91 Å². The third-order valence-corrected chi connectivity index (χ3v) is 4.56. The van der Waals surface area contributed by atoms with E-state index in [1.54, 1.807) is 38.1 Å². The number of halogens is 3. The number of likely N-dealkylation sites (N-methyl/N-ethyl adjacent to an activating group) is 1. The van der Waals surface area contributed by atoms with Gasteiger partial charge >= 0.3 is 0 Å². The Balaban J connectivity index is 2.15. The van der Waals surface area contributed by atoms with Gasteiger partial charge in [-0.25, -0.2) is 4.39 Å². The highest BCUT2D eigenvalue weighted by Crippen LogP contribution is 2.27. The second kappa shape index (κ2) is 10.3. The largest absolute Gasteiger partial charge is 0.482 e. The molecular weight excluding hydrogens is 406 g/mol. The van der Waals surface area contributed by atoms with Crippen molar-refractivity contribution in [2.45, 2.75) is 26.4 Å². The molecule has 5 nitrogen and oxygen atoms in total. The summed E-state index contributed by atoms with van der Waals surface area (Å²) in [5.41, 5.74) is 0.690. The van der Waals surface area contributed by atoms with E-state index in [1.165, 1.54) is 23.1 Å². The number of ether oxygens (including phenoxy) is 1. The number of carbonyl (C=O) groups is 2. The Kier molecular flexibility index (Phi) is 8.08. The number of carbonyl (C=O) groups excluding carboxylic acids is 2. The van der Waals surface area contributed by atoms with E-state index >= 15 is 0 Å². The number of benzene rings is 2. The van der Waals surface area contributed by atoms with Gasteiger partial charge in [0.05, 0.1) is 5.02 Å². The minimum Gasteiger partial charge on any atom is -0.482 e. The highest BCUT2D eigenvalue weighted by atomic mass is 35.5. The molecule has 0 aliphatic rings. The molecule has 0 aliphatic carbocycles. The molecular formula is C20H21Cl2FN2O3. The number of hydrogen-bond acceptors (Lipinski definition) is 3. The summed E-state index contributed by atoms with van der Waals surface area (Å²) in [6.07, 6.45) is 0. The first-order valence-electron chi connectivity index (χ1n) is 8.71. The number of hydrogen-bond donors (Lipinski definition) is 1. The van der Waals surface area contributed by atoms with Crippen LogP contribution in [-0.4, -0.2) is 35.9 Å². The molecule has 2 aromatic rings. The van der Waals surface area contributed by atoms with Gasteiger partial charge in [-0.05, 0) is 49.7 Å². The molecule has 0 bridgehead atoms. The van der Waals surface area contributed by atoms with Crippen LogP contribution in [0.3, 0.4) is 0 Å². The second-order valence-corrected chi connectivity index (χ2v) is 6.93. The van der Waals surface area contributed by atoms with Crippen LogP contribution in [-0.2, 0) is 16.1 Å². The Morgan fingerprint density at radius 1 is 1.18 bits per heavy atom. The standard InChI is InChI=1S/C20H21Cl2FN2O3/c1-3-24-20(27)13(2)25(11-14-4-7-16(23)8-5-14)19(26)12-28-18-9-6-15(21)10-17(18)22/h4-10,13H,3,11-12H2,1-2H3,(H,24,27)/t13-/m1/s1. The zero-order valence-corrected chi connectivity index (χ0v) is 17.1. The van der Waals surface area contributed by atoms with Crippen molar-refractivity contribution in [1.82, 2.24) is 10.2 Å². The van der Waals surface area contributed by atoms with Crippen LogP contribution < -0.4 is 10.1 Å². The van der Waals surface area contributed by atoms with Gasteiger partial charge in [-0.3, -0.25) is 9.59 Å². The Labute approximate surface area is 173 Å². The average molecular weight is 427 g/mol. The van der Waals surface area contributed by atoms with Crippen LogP contribution in [0, 0.1) is 5.82 Å². The van der Waals surface area contributed by atoms with E-state index in [2.05, 4.69) is 5.32 Å². The molecule has 0 radical (unpaired) electrons. The van der Waals surface area contributed by atoms with Gasteiger partial charge in [0.2, 0.25) is 5.91 Å². The first-order valence-corrected chi connectivity index (χ1v) is 9.47. The van der Waals surface area contributed by atoms with Crippen molar-refractivity contribution in [3.63, 3.8) is 0 Å². The molecule has 0 fully saturated rings. The van der Waals surface area contributed by atoms with Crippen LogP contribution in [0.5, 0.6) is 5.75 Å². The minimum absolute atomic E-state index is 0.134. The normalized spacial score (nSPS) is 11.6. The summed E-state index contributed by atoms with van der Waals surface area (Å²) in [6.45, 7) is 3.68. The van der Waals surface area contributed by atoms with Crippen molar-refractivity contribution in [1.29, 1.82) is 0 Å². The van der Waals surface area contributed by atoms with Crippen LogP contribution in [0.15, 0.2) is 42.5 Å². The number of nitrogens with zero attached hydrogens (tertiary/aromatic N) is 1. The van der Waals surface area contributed by atoms with Crippen molar-refractivity contribution in [2.24, 2.45) is 0 Å². The van der Waals surface area contributed by atoms with Crippen molar-refractivity contribution in [2.75, 3.05) is 13.2 Å². The van der Waals surface area contributed by atoms with Gasteiger partial charge in [0.1, 0.15) is 17.6 Å². The lowest BCUT2D eigenvalue weighted by molar-refractivity contribution is -0.142. The number of amides is 2. The van der Waals surface area contributed by atoms with Crippen LogP contribution in [0.1, 0.15) is 19.4 Å². The van der Waals surface area contributed by atoms with Gasteiger partial charge in [-0.2, -0.15) is 0 Å². The second-order valence-electron chi connectivity index (χ2n) is 6.08. The van der Waals surface area contributed by atoms with E-state index in [0.29, 0.717) is 22.9 Å². The Hall–Kier alpha value is -2.31. The summed E-state index contributed by atoms with van der Waals surface area (Å²) in [7, 11) is 0. The van der Waals surface area contributed by atoms with Crippen LogP contribution in [0.4, 0.5) is 4.39 Å². The fourth-order valence-electron chi connectivity index (χ4n) is 2.51. The molecule has 0 heterocycles. The first kappa shape index (κ1) is 22.0. The fraction of sp³-hybridized carbons (Fsp3) is 0.300. The average Bonchev–Trinajstić information content (AvgIpc) is 2.66. The third kappa shape index (κ3) is 6.11. The minimum atomic E-state index is -0.734. The lowest BCUT2D eigenvalue weighted by Gasteiger charge is -2.28. The molecule has 28 heavy (non-hydrogen) atoms. The molecule has 0 aromatic heterocycles. The number of rotatable bonds is 8. The van der Waals surface area contributed by atoms with E-state index in [1.807, 2.05) is 0 Å². The van der Waals surface area contributed by atoms with Crippen molar-refractivity contribution in [3.05, 3.63) is 63.9 Å². The Bertz CT molecular complexity index is 831. The highest BCUT2D eigenvalue weighted by molar-refractivity contribution is 6.35. The van der Waals surface area contributed by atoms with Crippen molar-refractivity contribution >= 4 is 35.0 Å². The summed E-state index contributed by atoms with van der Waals surface area (Å²) in [6, 6.07) is 9.68. The molecule has 1 atom stereocenters. The quantitative estimate of drug-likeness (QED) is 0.691. The highest BCUT2D eigenvalue weighted by Gasteiger charge is 2.26. The topological polar surface area (TPSA) is 58.6 Å². The van der Waals surface area contributed by atoms with E-state index in [9.17, 15) is 14.0 Å². The summed E-state index contributed by atoms with van der Waals surface area (Å²) in [5, 5.41) is 3.43. The molecule has 0 saturated heterocycles. The van der Waals surface area contributed by atoms with Gasteiger partial charge in [0.15, 0.2) is 6.61 Å². The maximum Gasteiger partial charge on any atom is 0.261 e. The molecule has 0 saturated carbocycles. The molecule has 150 valence electrons. The van der Waals surface area contributed by atoms with Crippen molar-refractivity contribution in [3.8, 4) is 5.75 Å². The molecule has 0 unspecified atom stereocenters. The first-order chi connectivity index (χ1) is 13.3. The summed E-state index contributed by atoms with van der Waals surface area (Å²) in [5.74, 6) is -0.762. The van der Waals surface area contributed by atoms with Crippen LogP contribution in [0.2, 0.25) is 10.0 Å². The third-order valence-electron chi connectivity index (χ3n) is 4.03. The van der Waals surface area contributed by atoms with E-state index in [0.717, 1.165) is 0 Å². The smallest absolute Gasteiger partial charge is 0.261 e. The molecule has 0 aliphatic heterocycles. The van der Waals surface area contributed by atoms with Crippen LogP contribution in [0.25, 0.3) is 0 Å². The van der Waals surface area contributed by atoms with Gasteiger partial charge < -0.3 is 15.0 Å². The van der Waals surface area contributed by atoms with Gasteiger partial charge in [0, 0.05) is 18.1 Å². The maximum atomic E-state index is 13.2. The molecule has 2 amide bonds. The summed E-state index contributed by atoms with van der Waals surface area (Å²) in [4.78, 5) is 26.4. The lowest BCUT2D eigenvalue weighted by Crippen LogP contribution is -2.49. The maximum absolute atomic E-state index is 13.2. The van der Waals surface area contributed by atoms with Crippen molar-refractivity contribution < 1.29 is 18.7 Å². The van der Waals surface area contributed by atoms with Gasteiger partial charge in [-0.15, -0.1) is 0 Å². The lowest BCUT2D eigenvalue weighted by atomic mass is 10.1. The summed E-state index contributed by atoms with van der Waals surface area (Å²) >= 11 is 11.9. The molecule has 2 rings (SSSR count). The predicted molar refractivity (Wildman–Crippen MR) is 107 cm³/mol. The Morgan fingerprint density at radius 3 is 2.46 bits per heavy atom. The molecule has 1 N–H and O–H groups in total. The zero-order chi connectivity index (χ0) is 20.7.